The molecule has 22 heavy (non-hydrogen) atoms. The van der Waals surface area contributed by atoms with Crippen molar-refractivity contribution in [1.82, 2.24) is 5.32 Å². The number of hydrogen-bond donors (Lipinski definition) is 2. The van der Waals surface area contributed by atoms with Gasteiger partial charge in [0, 0.05) is 5.02 Å². The van der Waals surface area contributed by atoms with Gasteiger partial charge >= 0.3 is 5.97 Å². The molecule has 2 atom stereocenters. The number of rotatable bonds is 7. The molecule has 0 radical (unpaired) electrons. The Bertz CT molecular complexity index is 538. The first-order valence-corrected chi connectivity index (χ1v) is 7.34. The highest BCUT2D eigenvalue weighted by Gasteiger charge is 2.25. The van der Waals surface area contributed by atoms with Crippen LogP contribution in [-0.4, -0.2) is 42.3 Å². The molecule has 0 aliphatic rings. The molecule has 0 fully saturated rings. The molecule has 0 saturated heterocycles. The lowest BCUT2D eigenvalue weighted by atomic mass is 10.2. The lowest BCUT2D eigenvalue weighted by molar-refractivity contribution is -0.149. The van der Waals surface area contributed by atoms with Crippen molar-refractivity contribution >= 4 is 35.1 Å². The summed E-state index contributed by atoms with van der Waals surface area (Å²) < 4.78 is 10.1. The number of ether oxygens (including phenoxy) is 2. The van der Waals surface area contributed by atoms with Crippen LogP contribution in [0.1, 0.15) is 13.8 Å². The molecular formula is C14H17Cl2NO5. The molecule has 0 saturated carbocycles. The zero-order chi connectivity index (χ0) is 16.7. The van der Waals surface area contributed by atoms with Crippen LogP contribution in [0.15, 0.2) is 18.2 Å². The van der Waals surface area contributed by atoms with Crippen LogP contribution in [-0.2, 0) is 14.3 Å². The van der Waals surface area contributed by atoms with E-state index in [1.165, 1.54) is 19.1 Å². The van der Waals surface area contributed by atoms with Gasteiger partial charge in [0.15, 0.2) is 12.1 Å². The first kappa shape index (κ1) is 18.5. The Morgan fingerprint density at radius 2 is 2.05 bits per heavy atom. The number of aliphatic hydroxyl groups is 1. The fraction of sp³-hybridized carbons (Fsp3) is 0.429. The van der Waals surface area contributed by atoms with E-state index in [2.05, 4.69) is 5.32 Å². The average Bonchev–Trinajstić information content (AvgIpc) is 2.47. The van der Waals surface area contributed by atoms with Crippen LogP contribution in [0.2, 0.25) is 10.0 Å². The number of esters is 1. The highest BCUT2D eigenvalue weighted by atomic mass is 35.5. The maximum Gasteiger partial charge on any atom is 0.331 e. The van der Waals surface area contributed by atoms with Gasteiger partial charge in [0.1, 0.15) is 5.75 Å². The summed E-state index contributed by atoms with van der Waals surface area (Å²) in [6.07, 6.45) is -0.929. The van der Waals surface area contributed by atoms with Crippen LogP contribution in [0.25, 0.3) is 0 Å². The summed E-state index contributed by atoms with van der Waals surface area (Å²) in [5, 5.41) is 12.2. The van der Waals surface area contributed by atoms with Gasteiger partial charge in [-0.25, -0.2) is 4.79 Å². The summed E-state index contributed by atoms with van der Waals surface area (Å²) in [5.41, 5.74) is 0. The van der Waals surface area contributed by atoms with Gasteiger partial charge in [0.25, 0.3) is 5.91 Å². The van der Waals surface area contributed by atoms with Gasteiger partial charge in [-0.2, -0.15) is 0 Å². The summed E-state index contributed by atoms with van der Waals surface area (Å²) in [6, 6.07) is 3.45. The summed E-state index contributed by atoms with van der Waals surface area (Å²) in [6.45, 7) is 2.69. The predicted octanol–water partition coefficient (Wildman–Crippen LogP) is 1.80. The first-order chi connectivity index (χ1) is 10.4. The molecular weight excluding hydrogens is 333 g/mol. The molecule has 0 aliphatic heterocycles. The molecule has 1 rings (SSSR count). The number of nitrogens with one attached hydrogen (secondary N) is 1. The van der Waals surface area contributed by atoms with Gasteiger partial charge in [-0.1, -0.05) is 23.2 Å². The molecule has 2 N–H and O–H groups in total. The van der Waals surface area contributed by atoms with Crippen LogP contribution in [0.4, 0.5) is 0 Å². The number of aliphatic hydroxyl groups excluding tert-OH is 1. The Balaban J connectivity index is 2.66. The third kappa shape index (κ3) is 5.36. The van der Waals surface area contributed by atoms with Crippen LogP contribution >= 0.6 is 23.2 Å². The summed E-state index contributed by atoms with van der Waals surface area (Å²) in [7, 11) is 0. The minimum atomic E-state index is -1.14. The number of halogens is 2. The third-order valence-electron chi connectivity index (χ3n) is 2.64. The number of benzene rings is 1. The topological polar surface area (TPSA) is 84.9 Å². The van der Waals surface area contributed by atoms with Crippen LogP contribution in [0.3, 0.4) is 0 Å². The lowest BCUT2D eigenvalue weighted by Crippen LogP contribution is -2.48. The molecule has 1 amide bonds. The van der Waals surface area contributed by atoms with Gasteiger partial charge in [0.05, 0.1) is 18.2 Å². The second-order valence-corrected chi connectivity index (χ2v) is 5.17. The molecule has 8 heteroatoms. The van der Waals surface area contributed by atoms with E-state index in [-0.39, 0.29) is 17.4 Å². The summed E-state index contributed by atoms with van der Waals surface area (Å²) in [5.74, 6) is -1.02. The molecule has 0 bridgehead atoms. The van der Waals surface area contributed by atoms with E-state index in [1.807, 2.05) is 0 Å². The van der Waals surface area contributed by atoms with Gasteiger partial charge in [-0.05, 0) is 32.0 Å². The zero-order valence-electron chi connectivity index (χ0n) is 12.1. The van der Waals surface area contributed by atoms with Gasteiger partial charge < -0.3 is 19.9 Å². The zero-order valence-corrected chi connectivity index (χ0v) is 13.6. The van der Waals surface area contributed by atoms with E-state index in [0.717, 1.165) is 0 Å². The van der Waals surface area contributed by atoms with Crippen molar-refractivity contribution in [3.8, 4) is 5.75 Å². The largest absolute Gasteiger partial charge is 0.479 e. The van der Waals surface area contributed by atoms with Crippen molar-refractivity contribution < 1.29 is 24.2 Å². The van der Waals surface area contributed by atoms with Crippen LogP contribution in [0, 0.1) is 0 Å². The van der Waals surface area contributed by atoms with Crippen molar-refractivity contribution in [2.45, 2.75) is 26.0 Å². The normalized spacial score (nSPS) is 13.1. The Kier molecular flexibility index (Phi) is 7.44. The van der Waals surface area contributed by atoms with Crippen molar-refractivity contribution in [3.05, 3.63) is 28.2 Å². The highest BCUT2D eigenvalue weighted by Crippen LogP contribution is 2.28. The van der Waals surface area contributed by atoms with E-state index < -0.39 is 30.6 Å². The van der Waals surface area contributed by atoms with E-state index in [9.17, 15) is 9.59 Å². The Morgan fingerprint density at radius 3 is 2.59 bits per heavy atom. The molecule has 0 aliphatic carbocycles. The maximum atomic E-state index is 12.0. The summed E-state index contributed by atoms with van der Waals surface area (Å²) in [4.78, 5) is 23.5. The smallest absolute Gasteiger partial charge is 0.331 e. The minimum absolute atomic E-state index is 0.150. The quantitative estimate of drug-likeness (QED) is 0.733. The molecule has 0 aromatic heterocycles. The van der Waals surface area contributed by atoms with E-state index in [4.69, 9.17) is 37.8 Å². The molecule has 0 heterocycles. The number of amides is 1. The first-order valence-electron chi connectivity index (χ1n) is 6.58. The fourth-order valence-electron chi connectivity index (χ4n) is 1.53. The van der Waals surface area contributed by atoms with Crippen molar-refractivity contribution in [3.63, 3.8) is 0 Å². The fourth-order valence-corrected chi connectivity index (χ4v) is 1.98. The Hall–Kier alpha value is -1.50. The van der Waals surface area contributed by atoms with Crippen molar-refractivity contribution in [1.29, 1.82) is 0 Å². The maximum absolute atomic E-state index is 12.0. The highest BCUT2D eigenvalue weighted by molar-refractivity contribution is 6.35. The van der Waals surface area contributed by atoms with Gasteiger partial charge in [-0.15, -0.1) is 0 Å². The second kappa shape index (κ2) is 8.82. The Labute approximate surface area is 138 Å². The standard InChI is InChI=1S/C14H17Cl2NO5/c1-3-21-14(20)11(7-18)17-13(19)8(2)22-12-5-4-9(15)6-10(12)16/h4-6,8,11,18H,3,7H2,1-2H3,(H,17,19)/t8-,11-/m1/s1. The van der Waals surface area contributed by atoms with Gasteiger partial charge in [0.2, 0.25) is 0 Å². The number of hydrogen-bond acceptors (Lipinski definition) is 5. The lowest BCUT2D eigenvalue weighted by Gasteiger charge is -2.19. The van der Waals surface area contributed by atoms with Gasteiger partial charge in [-0.3, -0.25) is 4.79 Å². The van der Waals surface area contributed by atoms with Crippen molar-refractivity contribution in [2.24, 2.45) is 0 Å². The van der Waals surface area contributed by atoms with Crippen LogP contribution in [0.5, 0.6) is 5.75 Å². The monoisotopic (exact) mass is 349 g/mol. The van der Waals surface area contributed by atoms with Crippen molar-refractivity contribution in [2.75, 3.05) is 13.2 Å². The molecule has 1 aromatic carbocycles. The summed E-state index contributed by atoms with van der Waals surface area (Å²) >= 11 is 11.7. The van der Waals surface area contributed by atoms with Crippen LogP contribution < -0.4 is 10.1 Å². The third-order valence-corrected chi connectivity index (χ3v) is 3.17. The molecule has 122 valence electrons. The average molecular weight is 350 g/mol. The van der Waals surface area contributed by atoms with E-state index in [0.29, 0.717) is 5.02 Å². The van der Waals surface area contributed by atoms with E-state index in [1.54, 1.807) is 13.0 Å². The molecule has 0 unspecified atom stereocenters. The minimum Gasteiger partial charge on any atom is -0.479 e. The SMILES string of the molecule is CCOC(=O)[C@@H](CO)NC(=O)[C@@H](C)Oc1ccc(Cl)cc1Cl. The predicted molar refractivity (Wildman–Crippen MR) is 82.2 cm³/mol. The number of carbonyl (C=O) groups excluding carboxylic acids is 2. The van der Waals surface area contributed by atoms with E-state index >= 15 is 0 Å². The molecule has 1 aromatic rings. The molecule has 0 spiro atoms. The molecule has 6 nitrogen and oxygen atoms in total. The second-order valence-electron chi connectivity index (χ2n) is 4.33. The Morgan fingerprint density at radius 1 is 1.36 bits per heavy atom. The number of carbonyl (C=O) groups is 2.